The minimum atomic E-state index is -0.426. The molecule has 3 heterocycles. The third kappa shape index (κ3) is 1.96. The second-order valence-electron chi connectivity index (χ2n) is 4.65. The van der Waals surface area contributed by atoms with E-state index in [0.717, 1.165) is 10.1 Å². The highest BCUT2D eigenvalue weighted by molar-refractivity contribution is 5.72. The lowest BCUT2D eigenvalue weighted by Gasteiger charge is -2.00. The topological polar surface area (TPSA) is 139 Å². The molecule has 0 radical (unpaired) electrons. The molecule has 0 saturated heterocycles. The van der Waals surface area contributed by atoms with Gasteiger partial charge in [0.1, 0.15) is 5.82 Å². The number of aromatic amines is 2. The van der Waals surface area contributed by atoms with Gasteiger partial charge in [-0.1, -0.05) is 0 Å². The van der Waals surface area contributed by atoms with Gasteiger partial charge < -0.3 is 16.0 Å². The molecule has 3 aromatic heterocycles. The van der Waals surface area contributed by atoms with Crippen molar-refractivity contribution in [1.82, 2.24) is 29.3 Å². The third-order valence-corrected chi connectivity index (χ3v) is 3.29. The summed E-state index contributed by atoms with van der Waals surface area (Å²) < 4.78 is 2.34. The van der Waals surface area contributed by atoms with Gasteiger partial charge >= 0.3 is 5.69 Å². The van der Waals surface area contributed by atoms with Gasteiger partial charge in [-0.3, -0.25) is 19.0 Å². The monoisotopic (exact) mass is 290 g/mol. The quantitative estimate of drug-likeness (QED) is 0.481. The summed E-state index contributed by atoms with van der Waals surface area (Å²) >= 11 is 0. The zero-order chi connectivity index (χ0) is 15.1. The van der Waals surface area contributed by atoms with Crippen LogP contribution in [0.4, 0.5) is 11.8 Å². The van der Waals surface area contributed by atoms with Gasteiger partial charge in [-0.25, -0.2) is 4.79 Å². The molecular weight excluding hydrogens is 276 g/mol. The molecule has 21 heavy (non-hydrogen) atoms. The van der Waals surface area contributed by atoms with E-state index < -0.39 is 11.2 Å². The Hall–Kier alpha value is -3.04. The lowest BCUT2D eigenvalue weighted by atomic mass is 10.3. The van der Waals surface area contributed by atoms with Crippen LogP contribution in [0.5, 0.6) is 0 Å². The Balaban J connectivity index is 2.00. The number of imidazole rings is 1. The first-order valence-corrected chi connectivity index (χ1v) is 6.16. The molecule has 0 atom stereocenters. The van der Waals surface area contributed by atoms with Crippen molar-refractivity contribution in [3.8, 4) is 0 Å². The zero-order valence-corrected chi connectivity index (χ0v) is 11.5. The number of nitrogens with two attached hydrogens (primary N) is 1. The molecule has 110 valence electrons. The molecule has 0 amide bonds. The van der Waals surface area contributed by atoms with Crippen LogP contribution in [0.1, 0.15) is 5.56 Å². The predicted molar refractivity (Wildman–Crippen MR) is 76.9 cm³/mol. The van der Waals surface area contributed by atoms with E-state index in [1.165, 1.54) is 11.6 Å². The number of nitrogens with zero attached hydrogens (tertiary/aromatic N) is 4. The number of fused-ring (bicyclic) bond motifs is 1. The van der Waals surface area contributed by atoms with E-state index in [4.69, 9.17) is 5.73 Å². The lowest BCUT2D eigenvalue weighted by Crippen LogP contribution is -2.36. The van der Waals surface area contributed by atoms with E-state index in [-0.39, 0.29) is 5.52 Å². The number of anilines is 2. The summed E-state index contributed by atoms with van der Waals surface area (Å²) in [6.07, 6.45) is 1.60. The Morgan fingerprint density at radius 1 is 1.33 bits per heavy atom. The van der Waals surface area contributed by atoms with Crippen LogP contribution in [0.25, 0.3) is 11.2 Å². The molecule has 10 heteroatoms. The van der Waals surface area contributed by atoms with E-state index in [9.17, 15) is 9.59 Å². The Morgan fingerprint density at radius 2 is 2.10 bits per heavy atom. The first kappa shape index (κ1) is 13.0. The Kier molecular flexibility index (Phi) is 2.78. The summed E-state index contributed by atoms with van der Waals surface area (Å²) in [4.78, 5) is 30.9. The first-order chi connectivity index (χ1) is 9.99. The van der Waals surface area contributed by atoms with Crippen LogP contribution in [-0.2, 0) is 20.6 Å². The summed E-state index contributed by atoms with van der Waals surface area (Å²) in [5.74, 6) is 0.839. The molecule has 0 aliphatic heterocycles. The molecule has 10 nitrogen and oxygen atoms in total. The van der Waals surface area contributed by atoms with E-state index in [0.29, 0.717) is 24.0 Å². The number of nitrogen functional groups attached to an aromatic ring is 1. The molecule has 5 N–H and O–H groups in total. The van der Waals surface area contributed by atoms with Gasteiger partial charge in [-0.2, -0.15) is 10.1 Å². The molecular formula is C11H14N8O2. The normalized spacial score (nSPS) is 11.1. The van der Waals surface area contributed by atoms with Crippen molar-refractivity contribution in [2.45, 2.75) is 6.54 Å². The van der Waals surface area contributed by atoms with Crippen LogP contribution in [0.3, 0.4) is 0 Å². The van der Waals surface area contributed by atoms with Crippen molar-refractivity contribution in [1.29, 1.82) is 0 Å². The van der Waals surface area contributed by atoms with Crippen molar-refractivity contribution in [2.24, 2.45) is 14.1 Å². The Labute approximate surface area is 117 Å². The number of aromatic nitrogens is 6. The summed E-state index contributed by atoms with van der Waals surface area (Å²) in [6, 6.07) is 0. The summed E-state index contributed by atoms with van der Waals surface area (Å²) in [7, 11) is 2.98. The van der Waals surface area contributed by atoms with E-state index in [2.05, 4.69) is 25.5 Å². The van der Waals surface area contributed by atoms with Crippen molar-refractivity contribution in [3.05, 3.63) is 32.6 Å². The van der Waals surface area contributed by atoms with Crippen LogP contribution in [-0.4, -0.2) is 29.3 Å². The summed E-state index contributed by atoms with van der Waals surface area (Å²) in [5.41, 5.74) is 6.17. The highest BCUT2D eigenvalue weighted by Crippen LogP contribution is 2.11. The molecule has 0 saturated carbocycles. The number of H-pyrrole nitrogens is 2. The minimum absolute atomic E-state index is 0.266. The molecule has 0 bridgehead atoms. The van der Waals surface area contributed by atoms with Gasteiger partial charge in [-0.05, 0) is 0 Å². The Morgan fingerprint density at radius 3 is 2.76 bits per heavy atom. The maximum Gasteiger partial charge on any atom is 0.332 e. The molecule has 0 aliphatic carbocycles. The second-order valence-corrected chi connectivity index (χ2v) is 4.65. The first-order valence-electron chi connectivity index (χ1n) is 6.16. The van der Waals surface area contributed by atoms with Gasteiger partial charge in [0.2, 0.25) is 5.95 Å². The molecule has 0 aliphatic rings. The highest BCUT2D eigenvalue weighted by atomic mass is 16.2. The minimum Gasteiger partial charge on any atom is -0.384 e. The molecule has 3 aromatic rings. The van der Waals surface area contributed by atoms with Crippen LogP contribution in [0, 0.1) is 0 Å². The van der Waals surface area contributed by atoms with Crippen LogP contribution in [0.2, 0.25) is 0 Å². The fraction of sp³-hybridized carbons (Fsp3) is 0.273. The lowest BCUT2D eigenvalue weighted by molar-refractivity contribution is 0.709. The molecule has 0 unspecified atom stereocenters. The van der Waals surface area contributed by atoms with Crippen molar-refractivity contribution >= 4 is 22.9 Å². The van der Waals surface area contributed by atoms with E-state index >= 15 is 0 Å². The number of nitrogens with one attached hydrogen (secondary N) is 3. The number of aryl methyl sites for hydroxylation is 1. The largest absolute Gasteiger partial charge is 0.384 e. The smallest absolute Gasteiger partial charge is 0.332 e. The molecule has 0 spiro atoms. The number of rotatable bonds is 3. The fourth-order valence-electron chi connectivity index (χ4n) is 2.05. The molecule has 3 rings (SSSR count). The number of hydrogen-bond acceptors (Lipinski definition) is 6. The highest BCUT2D eigenvalue weighted by Gasteiger charge is 2.13. The zero-order valence-electron chi connectivity index (χ0n) is 11.5. The average molecular weight is 290 g/mol. The SMILES string of the molecule is Cn1c(=O)c2[nH]c(NCc3cn[nH]c3N)nc2n(C)c1=O. The van der Waals surface area contributed by atoms with Crippen molar-refractivity contribution in [3.63, 3.8) is 0 Å². The average Bonchev–Trinajstić information content (AvgIpc) is 3.07. The van der Waals surface area contributed by atoms with Gasteiger partial charge in [0.05, 0.1) is 6.20 Å². The van der Waals surface area contributed by atoms with E-state index in [1.54, 1.807) is 13.2 Å². The summed E-state index contributed by atoms with van der Waals surface area (Å²) in [6.45, 7) is 0.385. The van der Waals surface area contributed by atoms with Gasteiger partial charge in [0.25, 0.3) is 5.56 Å². The maximum absolute atomic E-state index is 12.0. The third-order valence-electron chi connectivity index (χ3n) is 3.29. The molecule has 0 aromatic carbocycles. The van der Waals surface area contributed by atoms with Crippen molar-refractivity contribution in [2.75, 3.05) is 11.1 Å². The van der Waals surface area contributed by atoms with Crippen LogP contribution >= 0.6 is 0 Å². The maximum atomic E-state index is 12.0. The van der Waals surface area contributed by atoms with Gasteiger partial charge in [0, 0.05) is 26.2 Å². The second kappa shape index (κ2) is 4.51. The number of hydrogen-bond donors (Lipinski definition) is 4. The van der Waals surface area contributed by atoms with Crippen molar-refractivity contribution < 1.29 is 0 Å². The summed E-state index contributed by atoms with van der Waals surface area (Å²) in [5, 5.41) is 9.43. The van der Waals surface area contributed by atoms with E-state index in [1.807, 2.05) is 0 Å². The van der Waals surface area contributed by atoms with Gasteiger partial charge in [0.15, 0.2) is 11.2 Å². The molecule has 0 fully saturated rings. The fourth-order valence-corrected chi connectivity index (χ4v) is 2.05. The van der Waals surface area contributed by atoms with Crippen LogP contribution < -0.4 is 22.3 Å². The van der Waals surface area contributed by atoms with Crippen LogP contribution in [0.15, 0.2) is 15.8 Å². The predicted octanol–water partition coefficient (Wildman–Crippen LogP) is -1.12. The standard InChI is InChI=1S/C11H14N8O2/c1-18-8-6(9(20)19(2)11(18)21)15-10(16-8)13-3-5-4-14-17-7(5)12/h4H,3H2,1-2H3,(H3,12,14,17)(H2,13,15,16). The van der Waals surface area contributed by atoms with Gasteiger partial charge in [-0.15, -0.1) is 0 Å². The Bertz CT molecular complexity index is 928.